The van der Waals surface area contributed by atoms with Crippen LogP contribution in [0.2, 0.25) is 0 Å². The third-order valence-corrected chi connectivity index (χ3v) is 3.78. The number of amidine groups is 1. The van der Waals surface area contributed by atoms with Crippen molar-refractivity contribution < 1.29 is 0 Å². The summed E-state index contributed by atoms with van der Waals surface area (Å²) in [6.07, 6.45) is 5.75. The first-order valence-corrected chi connectivity index (χ1v) is 6.02. The van der Waals surface area contributed by atoms with Gasteiger partial charge in [0, 0.05) is 12.1 Å². The van der Waals surface area contributed by atoms with Gasteiger partial charge in [0.25, 0.3) is 0 Å². The van der Waals surface area contributed by atoms with E-state index in [9.17, 15) is 0 Å². The number of thioether (sulfide) groups is 1. The molecular weight excluding hydrogens is 196 g/mol. The summed E-state index contributed by atoms with van der Waals surface area (Å²) in [5, 5.41) is 3.12. The lowest BCUT2D eigenvalue weighted by Gasteiger charge is -2.37. The van der Waals surface area contributed by atoms with E-state index < -0.39 is 5.79 Å². The molecule has 1 unspecified atom stereocenters. The molecule has 0 aliphatic carbocycles. The van der Waals surface area contributed by atoms with Gasteiger partial charge in [-0.05, 0) is 30.4 Å². The summed E-state index contributed by atoms with van der Waals surface area (Å²) < 4.78 is 0. The van der Waals surface area contributed by atoms with E-state index in [1.54, 1.807) is 12.3 Å². The molecule has 78 valence electrons. The van der Waals surface area contributed by atoms with Gasteiger partial charge in [0.2, 0.25) is 0 Å². The van der Waals surface area contributed by atoms with Crippen molar-refractivity contribution in [3.8, 4) is 0 Å². The highest BCUT2D eigenvalue weighted by Gasteiger charge is 2.35. The van der Waals surface area contributed by atoms with Crippen LogP contribution in [0.3, 0.4) is 0 Å². The molecule has 0 aromatic heterocycles. The van der Waals surface area contributed by atoms with Gasteiger partial charge in [-0.25, -0.2) is 4.99 Å². The van der Waals surface area contributed by atoms with Gasteiger partial charge in [0.05, 0.1) is 0 Å². The Morgan fingerprint density at radius 1 is 1.50 bits per heavy atom. The number of nitrogens with one attached hydrogen (secondary N) is 1. The van der Waals surface area contributed by atoms with Gasteiger partial charge in [-0.1, -0.05) is 0 Å². The van der Waals surface area contributed by atoms with Gasteiger partial charge in [-0.2, -0.15) is 11.8 Å². The van der Waals surface area contributed by atoms with Crippen molar-refractivity contribution >= 4 is 17.6 Å². The maximum Gasteiger partial charge on any atom is 0.187 e. The lowest BCUT2D eigenvalue weighted by atomic mass is 9.94. The average Bonchev–Trinajstić information content (AvgIpc) is 2.19. The molecule has 2 aliphatic heterocycles. The molecule has 4 nitrogen and oxygen atoms in total. The van der Waals surface area contributed by atoms with Crippen molar-refractivity contribution in [2.45, 2.75) is 18.6 Å². The third kappa shape index (κ3) is 1.88. The summed E-state index contributed by atoms with van der Waals surface area (Å²) in [4.78, 5) is 4.30. The number of nitrogens with zero attached hydrogens (tertiary/aromatic N) is 1. The molecule has 5 N–H and O–H groups in total. The van der Waals surface area contributed by atoms with Gasteiger partial charge in [-0.15, -0.1) is 0 Å². The first kappa shape index (κ1) is 9.86. The maximum absolute atomic E-state index is 6.19. The van der Waals surface area contributed by atoms with E-state index in [-0.39, 0.29) is 0 Å². The average molecular weight is 212 g/mol. The van der Waals surface area contributed by atoms with E-state index in [2.05, 4.69) is 10.3 Å². The molecular formula is C9H16N4S. The normalized spacial score (nSPS) is 33.6. The van der Waals surface area contributed by atoms with Gasteiger partial charge in [-0.3, -0.25) is 5.73 Å². The van der Waals surface area contributed by atoms with E-state index in [0.29, 0.717) is 11.8 Å². The fourth-order valence-electron chi connectivity index (χ4n) is 1.89. The van der Waals surface area contributed by atoms with Gasteiger partial charge in [0.15, 0.2) is 5.79 Å². The van der Waals surface area contributed by atoms with Crippen molar-refractivity contribution in [2.24, 2.45) is 22.4 Å². The lowest BCUT2D eigenvalue weighted by Crippen LogP contribution is -2.58. The van der Waals surface area contributed by atoms with Crippen LogP contribution in [0.5, 0.6) is 0 Å². The molecule has 0 aromatic carbocycles. The van der Waals surface area contributed by atoms with Crippen LogP contribution >= 0.6 is 11.8 Å². The maximum atomic E-state index is 6.19. The Kier molecular flexibility index (Phi) is 2.69. The molecule has 1 atom stereocenters. The summed E-state index contributed by atoms with van der Waals surface area (Å²) in [5.74, 6) is 2.59. The standard InChI is InChI=1S/C9H16N4S/c10-8-1-4-12-9(11,13-8)7-2-5-14-6-3-7/h1,4,7,12H,2-3,5-6,11H2,(H2,10,13). The molecule has 0 saturated carbocycles. The van der Waals surface area contributed by atoms with Crippen LogP contribution in [0.4, 0.5) is 0 Å². The second kappa shape index (κ2) is 3.82. The zero-order chi connectivity index (χ0) is 10.0. The minimum absolute atomic E-state index is 0.396. The quantitative estimate of drug-likeness (QED) is 0.581. The highest BCUT2D eigenvalue weighted by atomic mass is 32.2. The highest BCUT2D eigenvalue weighted by Crippen LogP contribution is 2.30. The number of hydrogen-bond donors (Lipinski definition) is 3. The Hall–Kier alpha value is -0.680. The Morgan fingerprint density at radius 2 is 2.21 bits per heavy atom. The second-order valence-electron chi connectivity index (χ2n) is 3.73. The molecule has 0 amide bonds. The summed E-state index contributed by atoms with van der Waals surface area (Å²) in [7, 11) is 0. The summed E-state index contributed by atoms with van der Waals surface area (Å²) in [6, 6.07) is 0. The number of nitrogens with two attached hydrogens (primary N) is 2. The van der Waals surface area contributed by atoms with Crippen LogP contribution in [-0.4, -0.2) is 23.1 Å². The van der Waals surface area contributed by atoms with Crippen molar-refractivity contribution in [3.63, 3.8) is 0 Å². The van der Waals surface area contributed by atoms with Gasteiger partial charge < -0.3 is 11.1 Å². The molecule has 2 rings (SSSR count). The topological polar surface area (TPSA) is 76.4 Å². The van der Waals surface area contributed by atoms with Crippen LogP contribution in [0.1, 0.15) is 12.8 Å². The minimum atomic E-state index is -0.667. The minimum Gasteiger partial charge on any atom is -0.384 e. The molecule has 0 bridgehead atoms. The van der Waals surface area contributed by atoms with E-state index in [1.165, 1.54) is 11.5 Å². The first-order chi connectivity index (χ1) is 6.71. The van der Waals surface area contributed by atoms with Crippen LogP contribution in [0.15, 0.2) is 17.3 Å². The second-order valence-corrected chi connectivity index (χ2v) is 4.95. The number of hydrogen-bond acceptors (Lipinski definition) is 5. The Labute approximate surface area is 88.2 Å². The smallest absolute Gasteiger partial charge is 0.187 e. The largest absolute Gasteiger partial charge is 0.384 e. The SMILES string of the molecule is NC1=NC(N)(C2CCSCC2)NC=C1. The summed E-state index contributed by atoms with van der Waals surface area (Å²) >= 11 is 1.98. The molecule has 5 heteroatoms. The molecule has 2 heterocycles. The zero-order valence-corrected chi connectivity index (χ0v) is 8.89. The van der Waals surface area contributed by atoms with Crippen LogP contribution in [0.25, 0.3) is 0 Å². The number of rotatable bonds is 1. The monoisotopic (exact) mass is 212 g/mol. The van der Waals surface area contributed by atoms with Gasteiger partial charge in [0.1, 0.15) is 5.84 Å². The molecule has 14 heavy (non-hydrogen) atoms. The van der Waals surface area contributed by atoms with E-state index in [1.807, 2.05) is 11.8 Å². The predicted molar refractivity (Wildman–Crippen MR) is 60.9 cm³/mol. The van der Waals surface area contributed by atoms with Crippen LogP contribution in [-0.2, 0) is 0 Å². The van der Waals surface area contributed by atoms with Gasteiger partial charge >= 0.3 is 0 Å². The van der Waals surface area contributed by atoms with Crippen molar-refractivity contribution in [1.82, 2.24) is 5.32 Å². The van der Waals surface area contributed by atoms with Crippen molar-refractivity contribution in [3.05, 3.63) is 12.3 Å². The summed E-state index contributed by atoms with van der Waals surface area (Å²) in [5.41, 5.74) is 11.8. The first-order valence-electron chi connectivity index (χ1n) is 4.87. The Bertz CT molecular complexity index is 270. The van der Waals surface area contributed by atoms with E-state index in [4.69, 9.17) is 11.5 Å². The van der Waals surface area contributed by atoms with E-state index in [0.717, 1.165) is 12.8 Å². The van der Waals surface area contributed by atoms with Crippen LogP contribution in [0, 0.1) is 5.92 Å². The Balaban J connectivity index is 2.11. The van der Waals surface area contributed by atoms with E-state index >= 15 is 0 Å². The molecule has 0 radical (unpaired) electrons. The van der Waals surface area contributed by atoms with Crippen molar-refractivity contribution in [1.29, 1.82) is 0 Å². The fourth-order valence-corrected chi connectivity index (χ4v) is 3.00. The lowest BCUT2D eigenvalue weighted by molar-refractivity contribution is 0.232. The fraction of sp³-hybridized carbons (Fsp3) is 0.667. The van der Waals surface area contributed by atoms with Crippen molar-refractivity contribution in [2.75, 3.05) is 11.5 Å². The molecule has 0 aromatic rings. The molecule has 0 spiro atoms. The number of aliphatic imine (C=N–C) groups is 1. The molecule has 1 fully saturated rings. The third-order valence-electron chi connectivity index (χ3n) is 2.73. The summed E-state index contributed by atoms with van der Waals surface area (Å²) in [6.45, 7) is 0. The zero-order valence-electron chi connectivity index (χ0n) is 8.07. The molecule has 1 saturated heterocycles. The van der Waals surface area contributed by atoms with Crippen LogP contribution < -0.4 is 16.8 Å². The highest BCUT2D eigenvalue weighted by molar-refractivity contribution is 7.99. The Morgan fingerprint density at radius 3 is 2.86 bits per heavy atom. The molecule has 2 aliphatic rings. The predicted octanol–water partition coefficient (Wildman–Crippen LogP) is 0.216.